The van der Waals surface area contributed by atoms with Crippen LogP contribution >= 0.6 is 0 Å². The van der Waals surface area contributed by atoms with Crippen LogP contribution in [0.3, 0.4) is 0 Å². The van der Waals surface area contributed by atoms with Crippen molar-refractivity contribution in [3.63, 3.8) is 0 Å². The summed E-state index contributed by atoms with van der Waals surface area (Å²) in [6.45, 7) is 2.01. The van der Waals surface area contributed by atoms with Crippen LogP contribution in [-0.2, 0) is 146 Å². The molecule has 0 aromatic rings. The summed E-state index contributed by atoms with van der Waals surface area (Å²) in [5, 5.41) is 0. The first-order valence-corrected chi connectivity index (χ1v) is 31.7. The SMILES string of the molecule is CCCCCCCCCCCCCCCCC(OS(=O)(=O)O)C(OS(=O)(=O)O)(OS(=O)(=O)O)C(OS(=O)(=O)O)(OS(=O)(=O)O)C(OS(=O)(=O)O)(OS(=O)(=O)O)C(OS(=O)(=O)O)(OS(=O)(=O)O)OS(=O)(=O)O.[NaH]. The van der Waals surface area contributed by atoms with Crippen LogP contribution in [0.1, 0.15) is 103 Å². The molecule has 72 heavy (non-hydrogen) atoms. The zero-order valence-electron chi connectivity index (χ0n) is 35.0. The molecule has 0 saturated carbocycles. The minimum absolute atomic E-state index is 0. The van der Waals surface area contributed by atoms with Crippen LogP contribution < -0.4 is 0 Å². The summed E-state index contributed by atoms with van der Waals surface area (Å²) in [4.78, 5) is 0. The average Bonchev–Trinajstić information content (AvgIpc) is 3.03. The summed E-state index contributed by atoms with van der Waals surface area (Å²) in [5.41, 5.74) is 0. The van der Waals surface area contributed by atoms with E-state index in [0.29, 0.717) is 19.3 Å². The Morgan fingerprint density at radius 2 is 0.528 bits per heavy atom. The molecule has 0 spiro atoms. The molecule has 1 unspecified atom stereocenters. The van der Waals surface area contributed by atoms with Crippen molar-refractivity contribution in [1.29, 1.82) is 0 Å². The van der Waals surface area contributed by atoms with Gasteiger partial charge in [0.05, 0.1) is 0 Å². The van der Waals surface area contributed by atoms with E-state index in [1.807, 2.05) is 6.92 Å². The van der Waals surface area contributed by atoms with Crippen molar-refractivity contribution in [2.45, 2.75) is 133 Å². The van der Waals surface area contributed by atoms with E-state index in [2.05, 4.69) is 41.8 Å². The van der Waals surface area contributed by atoms with Crippen molar-refractivity contribution >= 4 is 134 Å². The topological polar surface area (TPSA) is 636 Å². The molecule has 0 amide bonds. The van der Waals surface area contributed by atoms with E-state index in [1.165, 1.54) is 0 Å². The molecule has 0 bridgehead atoms. The van der Waals surface area contributed by atoms with E-state index >= 15 is 0 Å². The summed E-state index contributed by atoms with van der Waals surface area (Å²) in [6, 6.07) is 0. The zero-order valence-corrected chi connectivity index (χ0v) is 43.2. The summed E-state index contributed by atoms with van der Waals surface area (Å²) in [5.74, 6) is -30.0. The third-order valence-electron chi connectivity index (χ3n) is 7.77. The molecule has 51 heteroatoms. The third-order valence-corrected chi connectivity index (χ3v) is 12.2. The predicted molar refractivity (Wildman–Crippen MR) is 223 cm³/mol. The first-order chi connectivity index (χ1) is 31.3. The summed E-state index contributed by atoms with van der Waals surface area (Å²) in [6.07, 6.45) is -1.22. The van der Waals surface area contributed by atoms with Gasteiger partial charge in [-0.1, -0.05) is 96.8 Å². The fourth-order valence-corrected chi connectivity index (χ4v) is 11.3. The van der Waals surface area contributed by atoms with Gasteiger partial charge in [0.15, 0.2) is 0 Å². The average molecular weight is 1280 g/mol. The molecule has 0 aliphatic carbocycles. The number of hydrogen-bond acceptors (Lipinski definition) is 30. The summed E-state index contributed by atoms with van der Waals surface area (Å²) >= 11 is 0. The Kier molecular flexibility index (Phi) is 28.2. The van der Waals surface area contributed by atoms with Crippen LogP contribution in [0.15, 0.2) is 0 Å². The van der Waals surface area contributed by atoms with Crippen LogP contribution in [0.2, 0.25) is 0 Å². The first kappa shape index (κ1) is 73.8. The maximum absolute atomic E-state index is 12.7. The Labute approximate surface area is 434 Å². The van der Waals surface area contributed by atoms with Crippen molar-refractivity contribution in [1.82, 2.24) is 0 Å². The van der Waals surface area contributed by atoms with Crippen LogP contribution in [0, 0.1) is 0 Å². The van der Waals surface area contributed by atoms with Gasteiger partial charge in [-0.25, -0.2) is 12.5 Å². The number of hydrogen-bond donors (Lipinski definition) is 10. The van der Waals surface area contributed by atoms with Gasteiger partial charge in [0.25, 0.3) is 5.79 Å². The Morgan fingerprint density at radius 1 is 0.306 bits per heavy atom. The van der Waals surface area contributed by atoms with Crippen molar-refractivity contribution in [3.05, 3.63) is 0 Å². The molecule has 0 aliphatic rings. The van der Waals surface area contributed by atoms with Gasteiger partial charge in [-0.05, 0) is 6.42 Å². The molecular formula is C21H45NaO40S10. The molecule has 0 fully saturated rings. The van der Waals surface area contributed by atoms with Crippen LogP contribution in [0.5, 0.6) is 0 Å². The molecule has 40 nitrogen and oxygen atoms in total. The van der Waals surface area contributed by atoms with E-state index in [4.69, 9.17) is 0 Å². The molecule has 0 rings (SSSR count). The number of unbranched alkanes of at least 4 members (excludes halogenated alkanes) is 13. The quantitative estimate of drug-likeness (QED) is 0.0132. The predicted octanol–water partition coefficient (Wildman–Crippen LogP) is -2.49. The van der Waals surface area contributed by atoms with Gasteiger partial charge < -0.3 is 0 Å². The second-order valence-corrected chi connectivity index (χ2v) is 23.7. The Morgan fingerprint density at radius 3 is 0.750 bits per heavy atom. The molecule has 1 atom stereocenters. The molecule has 430 valence electrons. The van der Waals surface area contributed by atoms with Crippen LogP contribution in [0.4, 0.5) is 0 Å². The first-order valence-electron chi connectivity index (χ1n) is 18.1. The molecule has 0 saturated heterocycles. The molecular weight excluding hydrogens is 1240 g/mol. The normalized spacial score (nSPS) is 15.3. The van der Waals surface area contributed by atoms with E-state index in [1.54, 1.807) is 0 Å². The zero-order chi connectivity index (χ0) is 56.3. The number of rotatable bonds is 39. The second kappa shape index (κ2) is 27.5. The van der Waals surface area contributed by atoms with Crippen molar-refractivity contribution < 1.29 is 172 Å². The Balaban J connectivity index is 0. The molecule has 0 aromatic carbocycles. The molecule has 0 radical (unpaired) electrons. The van der Waals surface area contributed by atoms with E-state index in [9.17, 15) is 130 Å². The van der Waals surface area contributed by atoms with E-state index in [-0.39, 0.29) is 42.4 Å². The Hall–Kier alpha value is -0.300. The van der Waals surface area contributed by atoms with Crippen LogP contribution in [-0.4, -0.2) is 189 Å². The fourth-order valence-electron chi connectivity index (χ4n) is 5.84. The maximum atomic E-state index is 12.7. The van der Waals surface area contributed by atoms with Gasteiger partial charge in [-0.2, -0.15) is 113 Å². The monoisotopic (exact) mass is 1280 g/mol. The van der Waals surface area contributed by atoms with Gasteiger partial charge in [0.2, 0.25) is 0 Å². The molecule has 0 aromatic heterocycles. The van der Waals surface area contributed by atoms with Crippen LogP contribution in [0.25, 0.3) is 0 Å². The van der Waals surface area contributed by atoms with Gasteiger partial charge in [0.1, 0.15) is 6.10 Å². The minimum atomic E-state index is -8.08. The molecule has 10 N–H and O–H groups in total. The van der Waals surface area contributed by atoms with Gasteiger partial charge in [-0.3, -0.25) is 45.5 Å². The second-order valence-electron chi connectivity index (χ2n) is 13.5. The summed E-state index contributed by atoms with van der Waals surface area (Å²) in [7, 11) is -78.2. The standard InChI is InChI=1S/C21H44O40S10.Na.H/c1-2-3-4-5-6-7-8-9-10-11-12-13-14-15-16-17(52-62(22,23)24)18(53-63(25,26)27,54-64(28,29)30)19(55-65(31,32)33,56-66(34,35)36)20(57-67(37,38)39,58-68(40,41)42)21(59-69(43,44)45,60-70(46,47)48)61-71(49,50)51;;/h17H,2-16H2,1H3,(H,22,23,24)(H,25,26,27)(H,28,29,30)(H,31,32,33)(H,34,35,36)(H,37,38,39)(H,40,41,42)(H,43,44,45)(H,46,47,48)(H,49,50,51);;. The van der Waals surface area contributed by atoms with Crippen molar-refractivity contribution in [2.24, 2.45) is 0 Å². The van der Waals surface area contributed by atoms with E-state index in [0.717, 1.165) is 44.9 Å². The summed E-state index contributed by atoms with van der Waals surface area (Å²) < 4.78 is 382. The van der Waals surface area contributed by atoms with Crippen molar-refractivity contribution in [3.8, 4) is 0 Å². The van der Waals surface area contributed by atoms with Gasteiger partial charge >= 0.3 is 151 Å². The molecule has 0 heterocycles. The third kappa shape index (κ3) is 28.4. The van der Waals surface area contributed by atoms with Gasteiger partial charge in [-0.15, -0.1) is 0 Å². The fraction of sp³-hybridized carbons (Fsp3) is 1.00. The Bertz CT molecular complexity index is 2750. The van der Waals surface area contributed by atoms with Gasteiger partial charge in [0, 0.05) is 0 Å². The van der Waals surface area contributed by atoms with Crippen molar-refractivity contribution in [2.75, 3.05) is 0 Å². The van der Waals surface area contributed by atoms with E-state index < -0.39 is 153 Å². The molecule has 0 aliphatic heterocycles.